The second-order valence-electron chi connectivity index (χ2n) is 3.24. The predicted octanol–water partition coefficient (Wildman–Crippen LogP) is 2.00. The van der Waals surface area contributed by atoms with Gasteiger partial charge in [0.25, 0.3) is 5.88 Å². The van der Waals surface area contributed by atoms with E-state index in [1.807, 2.05) is 0 Å². The Morgan fingerprint density at radius 1 is 1.28 bits per heavy atom. The predicted molar refractivity (Wildman–Crippen MR) is 57.6 cm³/mol. The van der Waals surface area contributed by atoms with Gasteiger partial charge >= 0.3 is 0 Å². The lowest BCUT2D eigenvalue weighted by atomic mass is 10.2. The molecule has 0 amide bonds. The second-order valence-corrected chi connectivity index (χ2v) is 3.24. The average molecular weight is 248 g/mol. The maximum Gasteiger partial charge on any atom is 0.260 e. The van der Waals surface area contributed by atoms with Crippen LogP contribution in [0.3, 0.4) is 0 Å². The monoisotopic (exact) mass is 248 g/mol. The smallest absolute Gasteiger partial charge is 0.260 e. The Balaban J connectivity index is 2.34. The van der Waals surface area contributed by atoms with Crippen LogP contribution in [0.1, 0.15) is 5.56 Å². The molecule has 0 unspecified atom stereocenters. The molecule has 2 rings (SSSR count). The third-order valence-corrected chi connectivity index (χ3v) is 2.00. The number of hydrogen-bond acceptors (Lipinski definition) is 5. The number of nitrogens with two attached hydrogens (primary N) is 1. The first-order chi connectivity index (χ1) is 8.60. The highest BCUT2D eigenvalue weighted by atomic mass is 19.1. The highest BCUT2D eigenvalue weighted by molar-refractivity contribution is 5.38. The topological polar surface area (TPSA) is 84.8 Å². The lowest BCUT2D eigenvalue weighted by molar-refractivity contribution is 0.397. The zero-order valence-corrected chi connectivity index (χ0v) is 8.89. The minimum absolute atomic E-state index is 0.127. The van der Waals surface area contributed by atoms with Crippen LogP contribution in [0.5, 0.6) is 11.6 Å². The standard InChI is InChI=1S/C11H6F2N4O/c12-7-3-6(4-14)1-2-9(7)18-10-8(13)5-16-11(15)17-10/h1-3,5H,(H2,15,16,17). The lowest BCUT2D eigenvalue weighted by Gasteiger charge is -2.06. The summed E-state index contributed by atoms with van der Waals surface area (Å²) in [4.78, 5) is 6.90. The molecule has 0 saturated heterocycles. The van der Waals surface area contributed by atoms with Gasteiger partial charge in [-0.3, -0.25) is 0 Å². The average Bonchev–Trinajstić information content (AvgIpc) is 2.36. The van der Waals surface area contributed by atoms with E-state index < -0.39 is 17.5 Å². The van der Waals surface area contributed by atoms with E-state index in [9.17, 15) is 8.78 Å². The van der Waals surface area contributed by atoms with E-state index in [1.54, 1.807) is 6.07 Å². The number of benzene rings is 1. The van der Waals surface area contributed by atoms with E-state index in [1.165, 1.54) is 12.1 Å². The van der Waals surface area contributed by atoms with Crippen molar-refractivity contribution >= 4 is 5.95 Å². The van der Waals surface area contributed by atoms with E-state index >= 15 is 0 Å². The lowest BCUT2D eigenvalue weighted by Crippen LogP contribution is -2.00. The molecule has 2 N–H and O–H groups in total. The Hall–Kier alpha value is -2.75. The van der Waals surface area contributed by atoms with Crippen molar-refractivity contribution in [3.63, 3.8) is 0 Å². The molecule has 1 aromatic carbocycles. The van der Waals surface area contributed by atoms with Gasteiger partial charge in [-0.05, 0) is 18.2 Å². The van der Waals surface area contributed by atoms with Gasteiger partial charge in [0.15, 0.2) is 11.6 Å². The van der Waals surface area contributed by atoms with Gasteiger partial charge in [0.1, 0.15) is 0 Å². The fourth-order valence-corrected chi connectivity index (χ4v) is 1.19. The molecule has 0 atom stereocenters. The molecule has 0 aliphatic heterocycles. The van der Waals surface area contributed by atoms with E-state index in [2.05, 4.69) is 9.97 Å². The van der Waals surface area contributed by atoms with Gasteiger partial charge in [-0.25, -0.2) is 9.37 Å². The first kappa shape index (κ1) is 11.7. The highest BCUT2D eigenvalue weighted by Gasteiger charge is 2.11. The first-order valence-corrected chi connectivity index (χ1v) is 4.75. The van der Waals surface area contributed by atoms with E-state index in [0.717, 1.165) is 12.3 Å². The maximum atomic E-state index is 13.5. The molecule has 0 fully saturated rings. The Morgan fingerprint density at radius 2 is 2.06 bits per heavy atom. The van der Waals surface area contributed by atoms with Crippen LogP contribution < -0.4 is 10.5 Å². The van der Waals surface area contributed by atoms with Gasteiger partial charge in [0, 0.05) is 0 Å². The Kier molecular flexibility index (Phi) is 3.02. The number of nitriles is 1. The van der Waals surface area contributed by atoms with Crippen molar-refractivity contribution in [3.05, 3.63) is 41.6 Å². The Morgan fingerprint density at radius 3 is 2.72 bits per heavy atom. The largest absolute Gasteiger partial charge is 0.433 e. The number of nitrogen functional groups attached to an aromatic ring is 1. The summed E-state index contributed by atoms with van der Waals surface area (Å²) in [6.45, 7) is 0. The summed E-state index contributed by atoms with van der Waals surface area (Å²) in [5.41, 5.74) is 5.39. The molecule has 5 nitrogen and oxygen atoms in total. The van der Waals surface area contributed by atoms with Crippen LogP contribution in [-0.4, -0.2) is 9.97 Å². The highest BCUT2D eigenvalue weighted by Crippen LogP contribution is 2.25. The quantitative estimate of drug-likeness (QED) is 0.878. The minimum atomic E-state index is -0.868. The number of halogens is 2. The summed E-state index contributed by atoms with van der Waals surface area (Å²) >= 11 is 0. The van der Waals surface area contributed by atoms with Crippen molar-refractivity contribution in [2.75, 3.05) is 5.73 Å². The van der Waals surface area contributed by atoms with Crippen molar-refractivity contribution < 1.29 is 13.5 Å². The minimum Gasteiger partial charge on any atom is -0.433 e. The molecule has 90 valence electrons. The molecule has 1 aromatic heterocycles. The molecule has 18 heavy (non-hydrogen) atoms. The zero-order valence-electron chi connectivity index (χ0n) is 8.89. The number of nitrogens with zero attached hydrogens (tertiary/aromatic N) is 3. The van der Waals surface area contributed by atoms with Gasteiger partial charge in [0.05, 0.1) is 17.8 Å². The van der Waals surface area contributed by atoms with Crippen molar-refractivity contribution in [1.82, 2.24) is 9.97 Å². The van der Waals surface area contributed by atoms with Crippen LogP contribution in [0.4, 0.5) is 14.7 Å². The van der Waals surface area contributed by atoms with Crippen LogP contribution >= 0.6 is 0 Å². The van der Waals surface area contributed by atoms with E-state index in [4.69, 9.17) is 15.7 Å². The third-order valence-electron chi connectivity index (χ3n) is 2.00. The van der Waals surface area contributed by atoms with Crippen LogP contribution in [-0.2, 0) is 0 Å². The summed E-state index contributed by atoms with van der Waals surface area (Å²) < 4.78 is 31.7. The Bertz CT molecular complexity index is 639. The molecule has 0 aliphatic rings. The molecule has 0 aliphatic carbocycles. The summed E-state index contributed by atoms with van der Waals surface area (Å²) in [6, 6.07) is 5.27. The van der Waals surface area contributed by atoms with Gasteiger partial charge < -0.3 is 10.5 Å². The van der Waals surface area contributed by atoms with Crippen molar-refractivity contribution in [2.24, 2.45) is 0 Å². The first-order valence-electron chi connectivity index (χ1n) is 4.75. The maximum absolute atomic E-state index is 13.5. The van der Waals surface area contributed by atoms with Gasteiger partial charge in [-0.1, -0.05) is 0 Å². The molecular formula is C11H6F2N4O. The van der Waals surface area contributed by atoms with Crippen LogP contribution in [0.25, 0.3) is 0 Å². The number of ether oxygens (including phenoxy) is 1. The fourth-order valence-electron chi connectivity index (χ4n) is 1.19. The number of aromatic nitrogens is 2. The molecule has 1 heterocycles. The third kappa shape index (κ3) is 2.32. The molecule has 0 spiro atoms. The summed E-state index contributed by atoms with van der Waals surface area (Å²) in [5.74, 6) is -2.60. The summed E-state index contributed by atoms with van der Waals surface area (Å²) in [5, 5.41) is 8.57. The molecule has 7 heteroatoms. The van der Waals surface area contributed by atoms with Gasteiger partial charge in [0.2, 0.25) is 11.8 Å². The zero-order chi connectivity index (χ0) is 13.1. The van der Waals surface area contributed by atoms with E-state index in [0.29, 0.717) is 0 Å². The van der Waals surface area contributed by atoms with Gasteiger partial charge in [-0.2, -0.15) is 14.6 Å². The van der Waals surface area contributed by atoms with Crippen LogP contribution in [0.2, 0.25) is 0 Å². The molecular weight excluding hydrogens is 242 g/mol. The van der Waals surface area contributed by atoms with Gasteiger partial charge in [-0.15, -0.1) is 0 Å². The van der Waals surface area contributed by atoms with E-state index in [-0.39, 0.29) is 17.3 Å². The SMILES string of the molecule is N#Cc1ccc(Oc2nc(N)ncc2F)c(F)c1. The summed E-state index contributed by atoms with van der Waals surface area (Å²) in [7, 11) is 0. The number of hydrogen-bond donors (Lipinski definition) is 1. The number of rotatable bonds is 2. The molecule has 0 bridgehead atoms. The van der Waals surface area contributed by atoms with Crippen molar-refractivity contribution in [3.8, 4) is 17.7 Å². The van der Waals surface area contributed by atoms with Crippen LogP contribution in [0.15, 0.2) is 24.4 Å². The molecule has 2 aromatic rings. The number of anilines is 1. The molecule has 0 saturated carbocycles. The summed E-state index contributed by atoms with van der Waals surface area (Å²) in [6.07, 6.45) is 0.819. The Labute approximate surface area is 100 Å². The van der Waals surface area contributed by atoms with Crippen molar-refractivity contribution in [2.45, 2.75) is 0 Å². The van der Waals surface area contributed by atoms with Crippen LogP contribution in [0, 0.1) is 23.0 Å². The van der Waals surface area contributed by atoms with Crippen molar-refractivity contribution in [1.29, 1.82) is 5.26 Å². The molecule has 0 radical (unpaired) electrons. The fraction of sp³-hybridized carbons (Fsp3) is 0. The second kappa shape index (κ2) is 4.63. The normalized spacial score (nSPS) is 9.83.